The van der Waals surface area contributed by atoms with Crippen LogP contribution in [0.1, 0.15) is 31.6 Å². The molecular weight excluding hydrogens is 233 g/mol. The molecule has 0 radical (unpaired) electrons. The first-order chi connectivity index (χ1) is 8.61. The summed E-state index contributed by atoms with van der Waals surface area (Å²) in [6, 6.07) is 6.44. The lowest BCUT2D eigenvalue weighted by atomic mass is 10.1. The topological polar surface area (TPSA) is 48.4 Å². The number of halogens is 1. The lowest BCUT2D eigenvalue weighted by molar-refractivity contribution is 0.106. The van der Waals surface area contributed by atoms with Crippen LogP contribution in [0.3, 0.4) is 0 Å². The van der Waals surface area contributed by atoms with E-state index in [9.17, 15) is 4.39 Å². The van der Waals surface area contributed by atoms with Crippen molar-refractivity contribution in [2.75, 3.05) is 7.11 Å². The molecule has 18 heavy (non-hydrogen) atoms. The summed E-state index contributed by atoms with van der Waals surface area (Å²) in [6.07, 6.45) is 1.75. The number of furan rings is 1. The largest absolute Gasteiger partial charge is 0.456 e. The highest BCUT2D eigenvalue weighted by Gasteiger charge is 2.15. The summed E-state index contributed by atoms with van der Waals surface area (Å²) in [5.74, 6) is 0.273. The predicted molar refractivity (Wildman–Crippen MR) is 68.8 cm³/mol. The van der Waals surface area contributed by atoms with E-state index in [-0.39, 0.29) is 23.5 Å². The predicted octanol–water partition coefficient (Wildman–Crippen LogP) is 3.39. The van der Waals surface area contributed by atoms with Crippen LogP contribution in [-0.4, -0.2) is 13.2 Å². The van der Waals surface area contributed by atoms with Crippen molar-refractivity contribution < 1.29 is 13.5 Å². The van der Waals surface area contributed by atoms with Crippen molar-refractivity contribution >= 4 is 11.0 Å². The average molecular weight is 251 g/mol. The molecule has 2 aromatic rings. The third kappa shape index (κ3) is 2.71. The van der Waals surface area contributed by atoms with Crippen LogP contribution in [-0.2, 0) is 4.74 Å². The zero-order valence-electron chi connectivity index (χ0n) is 10.7. The van der Waals surface area contributed by atoms with E-state index in [1.54, 1.807) is 19.2 Å². The Labute approximate surface area is 106 Å². The molecule has 0 spiro atoms. The summed E-state index contributed by atoms with van der Waals surface area (Å²) in [7, 11) is 1.67. The Morgan fingerprint density at radius 2 is 2.17 bits per heavy atom. The maximum Gasteiger partial charge on any atom is 0.169 e. The summed E-state index contributed by atoms with van der Waals surface area (Å²) in [6.45, 7) is 1.99. The third-order valence-electron chi connectivity index (χ3n) is 3.17. The number of methoxy groups -OCH3 is 1. The minimum Gasteiger partial charge on any atom is -0.456 e. The Balaban J connectivity index is 2.13. The highest BCUT2D eigenvalue weighted by molar-refractivity contribution is 5.78. The molecule has 1 aromatic heterocycles. The molecule has 0 aliphatic rings. The van der Waals surface area contributed by atoms with Crippen LogP contribution in [0.4, 0.5) is 4.39 Å². The van der Waals surface area contributed by atoms with Gasteiger partial charge in [-0.25, -0.2) is 4.39 Å². The zero-order chi connectivity index (χ0) is 13.1. The number of fused-ring (bicyclic) bond motifs is 1. The van der Waals surface area contributed by atoms with Gasteiger partial charge in [0.25, 0.3) is 0 Å². The van der Waals surface area contributed by atoms with Gasteiger partial charge in [0, 0.05) is 12.5 Å². The fourth-order valence-electron chi connectivity index (χ4n) is 1.90. The maximum atomic E-state index is 13.5. The Kier molecular flexibility index (Phi) is 3.99. The van der Waals surface area contributed by atoms with Gasteiger partial charge in [-0.1, -0.05) is 12.1 Å². The molecule has 0 saturated heterocycles. The van der Waals surface area contributed by atoms with Gasteiger partial charge in [0.15, 0.2) is 11.4 Å². The second-order valence-corrected chi connectivity index (χ2v) is 4.54. The van der Waals surface area contributed by atoms with Crippen LogP contribution in [0, 0.1) is 5.82 Å². The van der Waals surface area contributed by atoms with E-state index in [0.717, 1.165) is 18.2 Å². The molecule has 1 aromatic carbocycles. The van der Waals surface area contributed by atoms with E-state index in [2.05, 4.69) is 0 Å². The highest BCUT2D eigenvalue weighted by atomic mass is 19.1. The molecule has 0 fully saturated rings. The second-order valence-electron chi connectivity index (χ2n) is 4.54. The molecule has 2 unspecified atom stereocenters. The Hall–Kier alpha value is -1.39. The smallest absolute Gasteiger partial charge is 0.169 e. The number of ether oxygens (including phenoxy) is 1. The molecule has 2 N–H and O–H groups in total. The van der Waals surface area contributed by atoms with Gasteiger partial charge < -0.3 is 14.9 Å². The van der Waals surface area contributed by atoms with Crippen molar-refractivity contribution in [3.05, 3.63) is 35.8 Å². The first kappa shape index (κ1) is 13.1. The van der Waals surface area contributed by atoms with E-state index < -0.39 is 0 Å². The van der Waals surface area contributed by atoms with Crippen LogP contribution < -0.4 is 5.73 Å². The van der Waals surface area contributed by atoms with Gasteiger partial charge in [0.2, 0.25) is 0 Å². The fraction of sp³-hybridized carbons (Fsp3) is 0.429. The van der Waals surface area contributed by atoms with Crippen molar-refractivity contribution in [2.45, 2.75) is 31.9 Å². The summed E-state index contributed by atoms with van der Waals surface area (Å²) in [4.78, 5) is 0. The fourth-order valence-corrected chi connectivity index (χ4v) is 1.90. The Morgan fingerprint density at radius 1 is 1.39 bits per heavy atom. The first-order valence-electron chi connectivity index (χ1n) is 6.08. The van der Waals surface area contributed by atoms with Crippen LogP contribution in [0.25, 0.3) is 11.0 Å². The molecule has 98 valence electrons. The standard InChI is InChI=1S/C14H18FNO2/c1-9(17-2)6-7-12(16)13-8-10-4-3-5-11(15)14(10)18-13/h3-5,8-9,12H,6-7,16H2,1-2H3. The number of nitrogens with two attached hydrogens (primary N) is 1. The first-order valence-corrected chi connectivity index (χ1v) is 6.08. The van der Waals surface area contributed by atoms with Crippen molar-refractivity contribution in [3.8, 4) is 0 Å². The number of rotatable bonds is 5. The minimum absolute atomic E-state index is 0.164. The van der Waals surface area contributed by atoms with Crippen molar-refractivity contribution in [1.82, 2.24) is 0 Å². The number of hydrogen-bond acceptors (Lipinski definition) is 3. The van der Waals surface area contributed by atoms with E-state index >= 15 is 0 Å². The van der Waals surface area contributed by atoms with Crippen LogP contribution >= 0.6 is 0 Å². The minimum atomic E-state index is -0.351. The SMILES string of the molecule is COC(C)CCC(N)c1cc2cccc(F)c2o1. The molecule has 4 heteroatoms. The van der Waals surface area contributed by atoms with Crippen molar-refractivity contribution in [1.29, 1.82) is 0 Å². The molecule has 0 aliphatic heterocycles. The van der Waals surface area contributed by atoms with Gasteiger partial charge in [0.1, 0.15) is 5.76 Å². The van der Waals surface area contributed by atoms with Crippen LogP contribution in [0.5, 0.6) is 0 Å². The Bertz CT molecular complexity index is 523. The normalized spacial score (nSPS) is 14.9. The third-order valence-corrected chi connectivity index (χ3v) is 3.17. The summed E-state index contributed by atoms with van der Waals surface area (Å²) in [5.41, 5.74) is 6.32. The molecule has 2 rings (SSSR count). The van der Waals surface area contributed by atoms with Gasteiger partial charge in [-0.05, 0) is 31.9 Å². The van der Waals surface area contributed by atoms with Crippen LogP contribution in [0.15, 0.2) is 28.7 Å². The average Bonchev–Trinajstić information content (AvgIpc) is 2.81. The quantitative estimate of drug-likeness (QED) is 0.886. The van der Waals surface area contributed by atoms with Crippen LogP contribution in [0.2, 0.25) is 0 Å². The van der Waals surface area contributed by atoms with Crippen molar-refractivity contribution in [2.24, 2.45) is 5.73 Å². The monoisotopic (exact) mass is 251 g/mol. The second kappa shape index (κ2) is 5.50. The zero-order valence-corrected chi connectivity index (χ0v) is 10.7. The molecule has 2 atom stereocenters. The molecule has 0 aliphatic carbocycles. The Morgan fingerprint density at radius 3 is 2.83 bits per heavy atom. The number of benzene rings is 1. The molecule has 0 bridgehead atoms. The summed E-state index contributed by atoms with van der Waals surface area (Å²) >= 11 is 0. The summed E-state index contributed by atoms with van der Waals surface area (Å²) < 4.78 is 24.1. The van der Waals surface area contributed by atoms with E-state index in [1.807, 2.05) is 13.0 Å². The van der Waals surface area contributed by atoms with E-state index in [1.165, 1.54) is 6.07 Å². The summed E-state index contributed by atoms with van der Waals surface area (Å²) in [5, 5.41) is 0.750. The van der Waals surface area contributed by atoms with Gasteiger partial charge in [-0.3, -0.25) is 0 Å². The van der Waals surface area contributed by atoms with E-state index in [4.69, 9.17) is 14.9 Å². The molecule has 1 heterocycles. The van der Waals surface area contributed by atoms with Gasteiger partial charge in [-0.15, -0.1) is 0 Å². The molecular formula is C14H18FNO2. The maximum absolute atomic E-state index is 13.5. The van der Waals surface area contributed by atoms with Gasteiger partial charge in [-0.2, -0.15) is 0 Å². The molecule has 0 saturated carbocycles. The molecule has 0 amide bonds. The number of para-hydroxylation sites is 1. The molecule has 3 nitrogen and oxygen atoms in total. The lowest BCUT2D eigenvalue weighted by Crippen LogP contribution is -2.13. The van der Waals surface area contributed by atoms with Gasteiger partial charge >= 0.3 is 0 Å². The number of hydrogen-bond donors (Lipinski definition) is 1. The lowest BCUT2D eigenvalue weighted by Gasteiger charge is -2.12. The van der Waals surface area contributed by atoms with Gasteiger partial charge in [0.05, 0.1) is 12.1 Å². The highest BCUT2D eigenvalue weighted by Crippen LogP contribution is 2.27. The van der Waals surface area contributed by atoms with Crippen molar-refractivity contribution in [3.63, 3.8) is 0 Å². The van der Waals surface area contributed by atoms with E-state index in [0.29, 0.717) is 5.76 Å².